The topological polar surface area (TPSA) is 151 Å². The number of thiazole rings is 1. The number of halogens is 2. The van der Waals surface area contributed by atoms with Crippen LogP contribution >= 0.6 is 11.3 Å². The first-order chi connectivity index (χ1) is 16.7. The lowest BCUT2D eigenvalue weighted by atomic mass is 10.1. The van der Waals surface area contributed by atoms with Crippen LogP contribution in [-0.4, -0.2) is 46.4 Å². The number of carboxylic acid groups (broad SMARTS) is 1. The third-order valence-electron chi connectivity index (χ3n) is 4.43. The van der Waals surface area contributed by atoms with Gasteiger partial charge in [-0.05, 0) is 35.9 Å². The number of carboxylic acids is 1. The van der Waals surface area contributed by atoms with E-state index in [1.165, 1.54) is 24.6 Å². The minimum absolute atomic E-state index is 0.0294. The van der Waals surface area contributed by atoms with E-state index in [1.807, 2.05) is 5.32 Å². The number of amides is 3. The average Bonchev–Trinajstić information content (AvgIpc) is 3.52. The summed E-state index contributed by atoms with van der Waals surface area (Å²) in [5, 5.41) is 17.6. The molecule has 2 aromatic heterocycles. The third-order valence-corrected chi connectivity index (χ3v) is 5.21. The maximum absolute atomic E-state index is 14.5. The Morgan fingerprint density at radius 3 is 2.49 bits per heavy atom. The van der Waals surface area contributed by atoms with Gasteiger partial charge in [0.15, 0.2) is 5.01 Å². The van der Waals surface area contributed by atoms with Crippen molar-refractivity contribution in [1.29, 1.82) is 0 Å². The van der Waals surface area contributed by atoms with Gasteiger partial charge in [0.2, 0.25) is 5.91 Å². The fourth-order valence-corrected chi connectivity index (χ4v) is 3.32. The number of nitrogens with zero attached hydrogens (tertiary/aromatic N) is 1. The van der Waals surface area contributed by atoms with Crippen LogP contribution in [0.1, 0.15) is 31.5 Å². The van der Waals surface area contributed by atoms with Gasteiger partial charge in [-0.2, -0.15) is 0 Å². The molecule has 0 radical (unpaired) electrons. The van der Waals surface area contributed by atoms with Crippen molar-refractivity contribution in [3.05, 3.63) is 81.7 Å². The van der Waals surface area contributed by atoms with Gasteiger partial charge in [0.25, 0.3) is 11.8 Å². The molecule has 182 valence electrons. The number of hydrogen-bond donors (Lipinski definition) is 4. The molecule has 0 aliphatic heterocycles. The molecule has 1 atom stereocenters. The maximum atomic E-state index is 14.5. The Morgan fingerprint density at radius 2 is 1.89 bits per heavy atom. The average molecular weight is 504 g/mol. The Labute approximate surface area is 200 Å². The number of hydrogen-bond acceptors (Lipinski definition) is 7. The summed E-state index contributed by atoms with van der Waals surface area (Å²) in [7, 11) is 0. The van der Waals surface area contributed by atoms with Gasteiger partial charge in [0, 0.05) is 30.7 Å². The van der Waals surface area contributed by atoms with E-state index in [4.69, 9.17) is 4.42 Å². The SMILES string of the molecule is O=C(/C=C/c1ccco1)NCc1cc(F)c(C(=O)N[C@@H](CNC(=O)c2nccs2)C(=O)O)c(F)c1. The minimum Gasteiger partial charge on any atom is -0.480 e. The summed E-state index contributed by atoms with van der Waals surface area (Å²) >= 11 is 1.02. The Morgan fingerprint density at radius 1 is 1.14 bits per heavy atom. The number of aliphatic carboxylic acids is 1. The van der Waals surface area contributed by atoms with Crippen LogP contribution in [-0.2, 0) is 16.1 Å². The van der Waals surface area contributed by atoms with Crippen molar-refractivity contribution in [2.75, 3.05) is 6.54 Å². The number of nitrogens with one attached hydrogen (secondary N) is 3. The maximum Gasteiger partial charge on any atom is 0.328 e. The van der Waals surface area contributed by atoms with Crippen molar-refractivity contribution < 1.29 is 37.5 Å². The second-order valence-electron chi connectivity index (χ2n) is 6.91. The second-order valence-corrected chi connectivity index (χ2v) is 7.81. The van der Waals surface area contributed by atoms with Gasteiger partial charge in [-0.15, -0.1) is 11.3 Å². The highest BCUT2D eigenvalue weighted by Gasteiger charge is 2.26. The van der Waals surface area contributed by atoms with Gasteiger partial charge < -0.3 is 25.5 Å². The van der Waals surface area contributed by atoms with Crippen molar-refractivity contribution in [2.45, 2.75) is 12.6 Å². The molecule has 0 bridgehead atoms. The van der Waals surface area contributed by atoms with Crippen molar-refractivity contribution >= 4 is 41.1 Å². The highest BCUT2D eigenvalue weighted by molar-refractivity contribution is 7.11. The molecule has 35 heavy (non-hydrogen) atoms. The normalized spacial score (nSPS) is 11.7. The van der Waals surface area contributed by atoms with E-state index in [9.17, 15) is 33.1 Å². The van der Waals surface area contributed by atoms with E-state index in [0.29, 0.717) is 5.76 Å². The zero-order valence-corrected chi connectivity index (χ0v) is 18.6. The number of rotatable bonds is 10. The van der Waals surface area contributed by atoms with Gasteiger partial charge in [-0.3, -0.25) is 14.4 Å². The van der Waals surface area contributed by atoms with Gasteiger partial charge in [-0.25, -0.2) is 18.6 Å². The van der Waals surface area contributed by atoms with Crippen LogP contribution in [0.3, 0.4) is 0 Å². The van der Waals surface area contributed by atoms with Gasteiger partial charge in [0.05, 0.1) is 6.26 Å². The van der Waals surface area contributed by atoms with Crippen LogP contribution in [0.2, 0.25) is 0 Å². The lowest BCUT2D eigenvalue weighted by Crippen LogP contribution is -2.48. The third kappa shape index (κ3) is 7.04. The number of carbonyl (C=O) groups excluding carboxylic acids is 3. The van der Waals surface area contributed by atoms with Crippen LogP contribution in [0.5, 0.6) is 0 Å². The summed E-state index contributed by atoms with van der Waals surface area (Å²) in [4.78, 5) is 51.4. The molecule has 13 heteroatoms. The standard InChI is InChI=1S/C22H18F2N4O6S/c23-14-8-12(10-26-17(29)4-3-13-2-1-6-34-13)9-15(24)18(14)19(30)28-16(22(32)33)11-27-20(31)21-25-5-7-35-21/h1-9,16H,10-11H2,(H,26,29)(H,27,31)(H,28,30)(H,32,33)/b4-3+/t16-/m0/s1. The zero-order chi connectivity index (χ0) is 25.4. The first-order valence-corrected chi connectivity index (χ1v) is 10.8. The molecule has 4 N–H and O–H groups in total. The van der Waals surface area contributed by atoms with Crippen molar-refractivity contribution in [3.8, 4) is 0 Å². The predicted molar refractivity (Wildman–Crippen MR) is 119 cm³/mol. The molecule has 0 saturated carbocycles. The molecular formula is C22H18F2N4O6S. The van der Waals surface area contributed by atoms with E-state index in [-0.39, 0.29) is 17.1 Å². The van der Waals surface area contributed by atoms with E-state index in [1.54, 1.807) is 17.5 Å². The Bertz CT molecular complexity index is 1220. The Kier molecular flexibility index (Phi) is 8.40. The number of benzene rings is 1. The number of furan rings is 1. The van der Waals surface area contributed by atoms with E-state index >= 15 is 0 Å². The molecule has 10 nitrogen and oxygen atoms in total. The quantitative estimate of drug-likeness (QED) is 0.308. The molecule has 0 unspecified atom stereocenters. The highest BCUT2D eigenvalue weighted by Crippen LogP contribution is 2.16. The van der Waals surface area contributed by atoms with E-state index in [0.717, 1.165) is 23.5 Å². The summed E-state index contributed by atoms with van der Waals surface area (Å²) in [6, 6.07) is 3.29. The Balaban J connectivity index is 1.60. The number of aromatic nitrogens is 1. The summed E-state index contributed by atoms with van der Waals surface area (Å²) in [5.41, 5.74) is -0.975. The fourth-order valence-electron chi connectivity index (χ4n) is 2.77. The van der Waals surface area contributed by atoms with Crippen molar-refractivity contribution in [2.24, 2.45) is 0 Å². The van der Waals surface area contributed by atoms with Crippen molar-refractivity contribution in [3.63, 3.8) is 0 Å². The van der Waals surface area contributed by atoms with E-state index < -0.39 is 53.5 Å². The highest BCUT2D eigenvalue weighted by atomic mass is 32.1. The molecule has 0 fully saturated rings. The molecule has 0 saturated heterocycles. The predicted octanol–water partition coefficient (Wildman–Crippen LogP) is 1.96. The van der Waals surface area contributed by atoms with E-state index in [2.05, 4.69) is 15.6 Å². The van der Waals surface area contributed by atoms with Gasteiger partial charge in [-0.1, -0.05) is 0 Å². The molecule has 0 aliphatic rings. The van der Waals surface area contributed by atoms with Crippen LogP contribution in [0.25, 0.3) is 6.08 Å². The molecular weight excluding hydrogens is 486 g/mol. The first kappa shape index (κ1) is 25.2. The monoisotopic (exact) mass is 504 g/mol. The Hall–Kier alpha value is -4.39. The molecule has 0 spiro atoms. The van der Waals surface area contributed by atoms with Gasteiger partial charge in [0.1, 0.15) is 29.0 Å². The zero-order valence-electron chi connectivity index (χ0n) is 17.8. The molecule has 2 heterocycles. The molecule has 3 aromatic rings. The molecule has 3 rings (SSSR count). The summed E-state index contributed by atoms with van der Waals surface area (Å²) in [6.45, 7) is -0.782. The summed E-state index contributed by atoms with van der Waals surface area (Å²) < 4.78 is 34.1. The van der Waals surface area contributed by atoms with Crippen molar-refractivity contribution in [1.82, 2.24) is 20.9 Å². The van der Waals surface area contributed by atoms with Gasteiger partial charge >= 0.3 is 5.97 Å². The van der Waals surface area contributed by atoms with Crippen LogP contribution in [0.4, 0.5) is 8.78 Å². The van der Waals surface area contributed by atoms with Crippen LogP contribution in [0.15, 0.2) is 52.6 Å². The first-order valence-electron chi connectivity index (χ1n) is 9.93. The fraction of sp³-hybridized carbons (Fsp3) is 0.136. The summed E-state index contributed by atoms with van der Waals surface area (Å²) in [6.07, 6.45) is 5.39. The molecule has 3 amide bonds. The lowest BCUT2D eigenvalue weighted by Gasteiger charge is -2.16. The smallest absolute Gasteiger partial charge is 0.328 e. The van der Waals surface area contributed by atoms with Crippen LogP contribution in [0, 0.1) is 11.6 Å². The second kappa shape index (κ2) is 11.7. The minimum atomic E-state index is -1.66. The largest absolute Gasteiger partial charge is 0.480 e. The molecule has 0 aliphatic carbocycles. The molecule has 1 aromatic carbocycles. The lowest BCUT2D eigenvalue weighted by molar-refractivity contribution is -0.139. The number of carbonyl (C=O) groups is 4. The van der Waals surface area contributed by atoms with Crippen LogP contribution < -0.4 is 16.0 Å². The summed E-state index contributed by atoms with van der Waals surface area (Å²) in [5.74, 6) is -6.14.